The Morgan fingerprint density at radius 1 is 1.27 bits per heavy atom. The van der Waals surface area contributed by atoms with Crippen molar-refractivity contribution in [2.45, 2.75) is 32.4 Å². The van der Waals surface area contributed by atoms with Crippen LogP contribution in [0.3, 0.4) is 0 Å². The lowest BCUT2D eigenvalue weighted by Crippen LogP contribution is -2.47. The molecule has 0 radical (unpaired) electrons. The lowest BCUT2D eigenvalue weighted by molar-refractivity contribution is -0.126. The highest BCUT2D eigenvalue weighted by molar-refractivity contribution is 9.10. The average molecular weight is 417 g/mol. The summed E-state index contributed by atoms with van der Waals surface area (Å²) in [6.45, 7) is 2.15. The van der Waals surface area contributed by atoms with E-state index in [9.17, 15) is 9.59 Å². The average Bonchev–Trinajstić information content (AvgIpc) is 3.05. The first-order chi connectivity index (χ1) is 12.5. The number of ether oxygens (including phenoxy) is 1. The van der Waals surface area contributed by atoms with Crippen molar-refractivity contribution in [1.29, 1.82) is 0 Å². The highest BCUT2D eigenvalue weighted by Crippen LogP contribution is 2.32. The molecule has 1 aliphatic rings. The van der Waals surface area contributed by atoms with E-state index in [0.717, 1.165) is 21.3 Å². The molecule has 1 aliphatic heterocycles. The fraction of sp³-hybridized carbons (Fsp3) is 0.300. The molecule has 2 aromatic rings. The molecule has 1 heterocycles. The van der Waals surface area contributed by atoms with Crippen LogP contribution in [0.25, 0.3) is 0 Å². The number of halogens is 1. The summed E-state index contributed by atoms with van der Waals surface area (Å²) < 4.78 is 6.26. The molecule has 0 saturated heterocycles. The van der Waals surface area contributed by atoms with E-state index >= 15 is 0 Å². The third kappa shape index (κ3) is 3.60. The number of anilines is 1. The van der Waals surface area contributed by atoms with Crippen LogP contribution in [0.1, 0.15) is 24.5 Å². The molecule has 0 aromatic heterocycles. The second-order valence-electron chi connectivity index (χ2n) is 6.14. The normalized spacial score (nSPS) is 15.5. The molecule has 3 rings (SSSR count). The molecule has 5 nitrogen and oxygen atoms in total. The van der Waals surface area contributed by atoms with Crippen molar-refractivity contribution in [3.8, 4) is 5.75 Å². The minimum absolute atomic E-state index is 0.0462. The summed E-state index contributed by atoms with van der Waals surface area (Å²) >= 11 is 3.44. The van der Waals surface area contributed by atoms with Gasteiger partial charge in [-0.3, -0.25) is 14.5 Å². The zero-order valence-corrected chi connectivity index (χ0v) is 16.4. The van der Waals surface area contributed by atoms with E-state index < -0.39 is 6.04 Å². The first kappa shape index (κ1) is 18.5. The van der Waals surface area contributed by atoms with Gasteiger partial charge < -0.3 is 10.1 Å². The standard InChI is InChI=1S/C20H21BrN2O3/c1-3-19(24)23-16-7-5-4-6-13(16)11-17(23)20(25)22-12-14-10-15(21)8-9-18(14)26-2/h4-10,17H,3,11-12H2,1-2H3,(H,22,25). The fourth-order valence-electron chi connectivity index (χ4n) is 3.26. The minimum Gasteiger partial charge on any atom is -0.496 e. The third-order valence-electron chi connectivity index (χ3n) is 4.55. The van der Waals surface area contributed by atoms with E-state index in [1.807, 2.05) is 49.4 Å². The number of carbonyl (C=O) groups excluding carboxylic acids is 2. The monoisotopic (exact) mass is 416 g/mol. The van der Waals surface area contributed by atoms with Crippen LogP contribution in [0.5, 0.6) is 5.75 Å². The largest absolute Gasteiger partial charge is 0.496 e. The van der Waals surface area contributed by atoms with Gasteiger partial charge in [-0.1, -0.05) is 41.1 Å². The molecule has 26 heavy (non-hydrogen) atoms. The van der Waals surface area contributed by atoms with Crippen LogP contribution in [0, 0.1) is 0 Å². The van der Waals surface area contributed by atoms with Crippen molar-refractivity contribution in [2.24, 2.45) is 0 Å². The highest BCUT2D eigenvalue weighted by Gasteiger charge is 2.37. The summed E-state index contributed by atoms with van der Waals surface area (Å²) in [6.07, 6.45) is 0.890. The molecular weight excluding hydrogens is 396 g/mol. The topological polar surface area (TPSA) is 58.6 Å². The number of hydrogen-bond donors (Lipinski definition) is 1. The Kier molecular flexibility index (Phi) is 5.61. The lowest BCUT2D eigenvalue weighted by Gasteiger charge is -2.24. The number of nitrogens with one attached hydrogen (secondary N) is 1. The van der Waals surface area contributed by atoms with Crippen LogP contribution >= 0.6 is 15.9 Å². The lowest BCUT2D eigenvalue weighted by atomic mass is 10.1. The number of amides is 2. The number of nitrogens with zero attached hydrogens (tertiary/aromatic N) is 1. The summed E-state index contributed by atoms with van der Waals surface area (Å²) in [4.78, 5) is 26.9. The Morgan fingerprint density at radius 3 is 2.77 bits per heavy atom. The molecular formula is C20H21BrN2O3. The number of benzene rings is 2. The Balaban J connectivity index is 1.77. The number of carbonyl (C=O) groups is 2. The SMILES string of the molecule is CCC(=O)N1c2ccccc2CC1C(=O)NCc1cc(Br)ccc1OC. The second kappa shape index (κ2) is 7.91. The van der Waals surface area contributed by atoms with Crippen molar-refractivity contribution in [1.82, 2.24) is 5.32 Å². The van der Waals surface area contributed by atoms with Gasteiger partial charge in [0.2, 0.25) is 11.8 Å². The molecule has 0 bridgehead atoms. The van der Waals surface area contributed by atoms with Crippen molar-refractivity contribution in [3.05, 3.63) is 58.1 Å². The van der Waals surface area contributed by atoms with Crippen LogP contribution in [0.2, 0.25) is 0 Å². The molecule has 136 valence electrons. The van der Waals surface area contributed by atoms with Crippen LogP contribution in [0.4, 0.5) is 5.69 Å². The second-order valence-corrected chi connectivity index (χ2v) is 7.06. The van der Waals surface area contributed by atoms with Crippen molar-refractivity contribution in [3.63, 3.8) is 0 Å². The minimum atomic E-state index is -0.516. The quantitative estimate of drug-likeness (QED) is 0.811. The molecule has 0 aliphatic carbocycles. The van der Waals surface area contributed by atoms with Crippen molar-refractivity contribution < 1.29 is 14.3 Å². The smallest absolute Gasteiger partial charge is 0.243 e. The van der Waals surface area contributed by atoms with Gasteiger partial charge in [-0.2, -0.15) is 0 Å². The van der Waals surface area contributed by atoms with E-state index in [2.05, 4.69) is 21.2 Å². The van der Waals surface area contributed by atoms with Gasteiger partial charge in [0.25, 0.3) is 0 Å². The van der Waals surface area contributed by atoms with Gasteiger partial charge >= 0.3 is 0 Å². The Morgan fingerprint density at radius 2 is 2.04 bits per heavy atom. The first-order valence-corrected chi connectivity index (χ1v) is 9.34. The highest BCUT2D eigenvalue weighted by atomic mass is 79.9. The Bertz CT molecular complexity index is 838. The van der Waals surface area contributed by atoms with Crippen LogP contribution in [-0.4, -0.2) is 25.0 Å². The predicted octanol–water partition coefficient (Wildman–Crippen LogP) is 3.44. The number of methoxy groups -OCH3 is 1. The van der Waals surface area contributed by atoms with Gasteiger partial charge in [0.1, 0.15) is 11.8 Å². The van der Waals surface area contributed by atoms with E-state index in [0.29, 0.717) is 25.1 Å². The molecule has 0 spiro atoms. The molecule has 6 heteroatoms. The maximum Gasteiger partial charge on any atom is 0.243 e. The predicted molar refractivity (Wildman–Crippen MR) is 104 cm³/mol. The van der Waals surface area contributed by atoms with E-state index in [4.69, 9.17) is 4.74 Å². The summed E-state index contributed by atoms with van der Waals surface area (Å²) in [5, 5.41) is 2.95. The molecule has 1 N–H and O–H groups in total. The summed E-state index contributed by atoms with van der Waals surface area (Å²) in [6, 6.07) is 12.8. The number of para-hydroxylation sites is 1. The van der Waals surface area contributed by atoms with Crippen molar-refractivity contribution in [2.75, 3.05) is 12.0 Å². The van der Waals surface area contributed by atoms with Crippen molar-refractivity contribution >= 4 is 33.4 Å². The maximum atomic E-state index is 12.8. The van der Waals surface area contributed by atoms with Gasteiger partial charge in [-0.05, 0) is 29.8 Å². The number of rotatable bonds is 5. The maximum absolute atomic E-state index is 12.8. The van der Waals surface area contributed by atoms with E-state index in [-0.39, 0.29) is 11.8 Å². The number of fused-ring (bicyclic) bond motifs is 1. The van der Waals surface area contributed by atoms with Gasteiger partial charge in [0.05, 0.1) is 7.11 Å². The van der Waals surface area contributed by atoms with Gasteiger partial charge in [-0.25, -0.2) is 0 Å². The van der Waals surface area contributed by atoms with Crippen LogP contribution in [0.15, 0.2) is 46.9 Å². The third-order valence-corrected chi connectivity index (χ3v) is 5.04. The zero-order chi connectivity index (χ0) is 18.7. The van der Waals surface area contributed by atoms with Gasteiger partial charge in [0, 0.05) is 35.1 Å². The van der Waals surface area contributed by atoms with Crippen LogP contribution in [-0.2, 0) is 22.6 Å². The summed E-state index contributed by atoms with van der Waals surface area (Å²) in [5.74, 6) is 0.505. The van der Waals surface area contributed by atoms with Gasteiger partial charge in [-0.15, -0.1) is 0 Å². The zero-order valence-electron chi connectivity index (χ0n) is 14.8. The van der Waals surface area contributed by atoms with Crippen LogP contribution < -0.4 is 15.0 Å². The molecule has 1 unspecified atom stereocenters. The molecule has 0 saturated carbocycles. The fourth-order valence-corrected chi connectivity index (χ4v) is 3.67. The molecule has 0 fully saturated rings. The first-order valence-electron chi connectivity index (χ1n) is 8.55. The Hall–Kier alpha value is -2.34. The summed E-state index contributed by atoms with van der Waals surface area (Å²) in [7, 11) is 1.60. The summed E-state index contributed by atoms with van der Waals surface area (Å²) in [5.41, 5.74) is 2.73. The van der Waals surface area contributed by atoms with E-state index in [1.165, 1.54) is 0 Å². The molecule has 2 amide bonds. The van der Waals surface area contributed by atoms with Gasteiger partial charge in [0.15, 0.2) is 0 Å². The van der Waals surface area contributed by atoms with E-state index in [1.54, 1.807) is 12.0 Å². The molecule has 1 atom stereocenters. The Labute approximate surface area is 161 Å². The molecule has 2 aromatic carbocycles. The number of hydrogen-bond acceptors (Lipinski definition) is 3.